The summed E-state index contributed by atoms with van der Waals surface area (Å²) in [7, 11) is 0. The van der Waals surface area contributed by atoms with Crippen molar-refractivity contribution in [2.45, 2.75) is 26.3 Å². The fourth-order valence-electron chi connectivity index (χ4n) is 3.91. The number of aryl methyl sites for hydroxylation is 2. The van der Waals surface area contributed by atoms with Crippen molar-refractivity contribution in [2.24, 2.45) is 0 Å². The summed E-state index contributed by atoms with van der Waals surface area (Å²) < 4.78 is 0. The second kappa shape index (κ2) is 8.54. The Labute approximate surface area is 177 Å². The van der Waals surface area contributed by atoms with E-state index >= 15 is 0 Å². The highest BCUT2D eigenvalue weighted by Crippen LogP contribution is 2.22. The van der Waals surface area contributed by atoms with Crippen molar-refractivity contribution in [2.75, 3.05) is 18.4 Å². The summed E-state index contributed by atoms with van der Waals surface area (Å²) in [5.41, 5.74) is 4.82. The number of nitrogens with one attached hydrogen (secondary N) is 1. The second-order valence-electron chi connectivity index (χ2n) is 7.92. The van der Waals surface area contributed by atoms with E-state index in [1.807, 2.05) is 79.4 Å². The minimum atomic E-state index is -0.111. The van der Waals surface area contributed by atoms with E-state index in [4.69, 9.17) is 0 Å². The predicted molar refractivity (Wildman–Crippen MR) is 120 cm³/mol. The summed E-state index contributed by atoms with van der Waals surface area (Å²) in [6.45, 7) is 5.32. The van der Waals surface area contributed by atoms with Crippen LogP contribution < -0.4 is 5.32 Å². The van der Waals surface area contributed by atoms with Crippen LogP contribution in [-0.2, 0) is 0 Å². The SMILES string of the molecule is Cc1ccc(C(=O)c2ccccc2C(=O)N2CCC(Nc3ccccc3)C2)cc1C. The van der Waals surface area contributed by atoms with Crippen molar-refractivity contribution >= 4 is 17.4 Å². The first-order chi connectivity index (χ1) is 14.5. The maximum absolute atomic E-state index is 13.3. The molecule has 1 aliphatic rings. The van der Waals surface area contributed by atoms with Crippen LogP contribution in [0, 0.1) is 13.8 Å². The molecule has 0 aromatic heterocycles. The summed E-state index contributed by atoms with van der Waals surface area (Å²) in [6, 6.07) is 23.1. The highest BCUT2D eigenvalue weighted by molar-refractivity contribution is 6.15. The van der Waals surface area contributed by atoms with Crippen LogP contribution >= 0.6 is 0 Å². The Hall–Kier alpha value is -3.40. The Morgan fingerprint density at radius 3 is 2.30 bits per heavy atom. The molecular weight excluding hydrogens is 372 g/mol. The number of likely N-dealkylation sites (tertiary alicyclic amines) is 1. The van der Waals surface area contributed by atoms with E-state index in [0.717, 1.165) is 23.2 Å². The molecule has 1 heterocycles. The molecule has 0 saturated carbocycles. The lowest BCUT2D eigenvalue weighted by molar-refractivity contribution is 0.0787. The van der Waals surface area contributed by atoms with Crippen LogP contribution in [0.15, 0.2) is 72.8 Å². The average Bonchev–Trinajstić information content (AvgIpc) is 3.24. The molecule has 1 N–H and O–H groups in total. The quantitative estimate of drug-likeness (QED) is 0.625. The number of rotatable bonds is 5. The summed E-state index contributed by atoms with van der Waals surface area (Å²) in [4.78, 5) is 28.3. The lowest BCUT2D eigenvalue weighted by Crippen LogP contribution is -2.32. The summed E-state index contributed by atoms with van der Waals surface area (Å²) in [5.74, 6) is -0.194. The maximum Gasteiger partial charge on any atom is 0.254 e. The van der Waals surface area contributed by atoms with Crippen molar-refractivity contribution < 1.29 is 9.59 Å². The minimum Gasteiger partial charge on any atom is -0.380 e. The lowest BCUT2D eigenvalue weighted by Gasteiger charge is -2.19. The summed E-state index contributed by atoms with van der Waals surface area (Å²) in [6.07, 6.45) is 0.883. The molecule has 1 unspecified atom stereocenters. The first-order valence-corrected chi connectivity index (χ1v) is 10.3. The smallest absolute Gasteiger partial charge is 0.254 e. The van der Waals surface area contributed by atoms with Gasteiger partial charge in [-0.05, 0) is 55.7 Å². The van der Waals surface area contributed by atoms with Crippen molar-refractivity contribution in [3.8, 4) is 0 Å². The Kier molecular flexibility index (Phi) is 5.66. The molecule has 152 valence electrons. The first-order valence-electron chi connectivity index (χ1n) is 10.3. The van der Waals surface area contributed by atoms with Gasteiger partial charge in [0.15, 0.2) is 5.78 Å². The monoisotopic (exact) mass is 398 g/mol. The molecule has 1 fully saturated rings. The molecule has 1 aliphatic heterocycles. The van der Waals surface area contributed by atoms with E-state index in [1.165, 1.54) is 0 Å². The average molecular weight is 399 g/mol. The zero-order valence-electron chi connectivity index (χ0n) is 17.4. The molecule has 1 saturated heterocycles. The third-order valence-corrected chi connectivity index (χ3v) is 5.79. The summed E-state index contributed by atoms with van der Waals surface area (Å²) in [5, 5.41) is 3.49. The van der Waals surface area contributed by atoms with Crippen LogP contribution in [0.3, 0.4) is 0 Å². The predicted octanol–water partition coefficient (Wildman–Crippen LogP) is 4.86. The van der Waals surface area contributed by atoms with E-state index in [2.05, 4.69) is 5.32 Å². The highest BCUT2D eigenvalue weighted by Gasteiger charge is 2.29. The Morgan fingerprint density at radius 2 is 1.57 bits per heavy atom. The van der Waals surface area contributed by atoms with Crippen LogP contribution in [0.1, 0.15) is 43.8 Å². The zero-order valence-corrected chi connectivity index (χ0v) is 17.4. The molecular formula is C26H26N2O2. The normalized spacial score (nSPS) is 15.8. The Balaban J connectivity index is 1.52. The van der Waals surface area contributed by atoms with Gasteiger partial charge in [-0.15, -0.1) is 0 Å². The van der Waals surface area contributed by atoms with E-state index in [0.29, 0.717) is 29.8 Å². The van der Waals surface area contributed by atoms with Gasteiger partial charge in [0.05, 0.1) is 5.56 Å². The minimum absolute atomic E-state index is 0.0832. The number of benzene rings is 3. The topological polar surface area (TPSA) is 49.4 Å². The molecule has 4 nitrogen and oxygen atoms in total. The largest absolute Gasteiger partial charge is 0.380 e. The van der Waals surface area contributed by atoms with Crippen LogP contribution in [-0.4, -0.2) is 35.7 Å². The fourth-order valence-corrected chi connectivity index (χ4v) is 3.91. The lowest BCUT2D eigenvalue weighted by atomic mass is 9.95. The van der Waals surface area contributed by atoms with Gasteiger partial charge in [-0.2, -0.15) is 0 Å². The molecule has 4 rings (SSSR count). The number of amides is 1. The fraction of sp³-hybridized carbons (Fsp3) is 0.231. The Bertz CT molecular complexity index is 1080. The van der Waals surface area contributed by atoms with Crippen molar-refractivity contribution in [1.82, 2.24) is 4.90 Å². The molecule has 0 bridgehead atoms. The second-order valence-corrected chi connectivity index (χ2v) is 7.92. The molecule has 30 heavy (non-hydrogen) atoms. The van der Waals surface area contributed by atoms with Gasteiger partial charge < -0.3 is 10.2 Å². The van der Waals surface area contributed by atoms with Crippen LogP contribution in [0.5, 0.6) is 0 Å². The molecule has 0 radical (unpaired) electrons. The zero-order chi connectivity index (χ0) is 21.1. The van der Waals surface area contributed by atoms with Crippen molar-refractivity contribution in [1.29, 1.82) is 0 Å². The van der Waals surface area contributed by atoms with E-state index in [-0.39, 0.29) is 17.7 Å². The number of hydrogen-bond acceptors (Lipinski definition) is 3. The number of carbonyl (C=O) groups is 2. The van der Waals surface area contributed by atoms with Crippen LogP contribution in [0.4, 0.5) is 5.69 Å². The van der Waals surface area contributed by atoms with Gasteiger partial charge in [0.2, 0.25) is 0 Å². The number of nitrogens with zero attached hydrogens (tertiary/aromatic N) is 1. The number of para-hydroxylation sites is 1. The Morgan fingerprint density at radius 1 is 0.867 bits per heavy atom. The molecule has 3 aromatic carbocycles. The first kappa shape index (κ1) is 19.9. The van der Waals surface area contributed by atoms with Crippen molar-refractivity contribution in [3.05, 3.63) is 101 Å². The molecule has 0 aliphatic carbocycles. The summed E-state index contributed by atoms with van der Waals surface area (Å²) >= 11 is 0. The van der Waals surface area contributed by atoms with Crippen LogP contribution in [0.2, 0.25) is 0 Å². The van der Waals surface area contributed by atoms with Gasteiger partial charge in [0.1, 0.15) is 0 Å². The van der Waals surface area contributed by atoms with E-state index in [1.54, 1.807) is 12.1 Å². The number of anilines is 1. The van der Waals surface area contributed by atoms with Crippen molar-refractivity contribution in [3.63, 3.8) is 0 Å². The highest BCUT2D eigenvalue weighted by atomic mass is 16.2. The molecule has 1 amide bonds. The van der Waals surface area contributed by atoms with E-state index < -0.39 is 0 Å². The van der Waals surface area contributed by atoms with Crippen LogP contribution in [0.25, 0.3) is 0 Å². The molecule has 1 atom stereocenters. The van der Waals surface area contributed by atoms with Gasteiger partial charge in [-0.25, -0.2) is 0 Å². The van der Waals surface area contributed by atoms with Gasteiger partial charge >= 0.3 is 0 Å². The third kappa shape index (κ3) is 4.13. The maximum atomic E-state index is 13.3. The third-order valence-electron chi connectivity index (χ3n) is 5.79. The van der Waals surface area contributed by atoms with Gasteiger partial charge in [0.25, 0.3) is 5.91 Å². The molecule has 0 spiro atoms. The molecule has 3 aromatic rings. The number of ketones is 1. The van der Waals surface area contributed by atoms with E-state index in [9.17, 15) is 9.59 Å². The van der Waals surface area contributed by atoms with Gasteiger partial charge in [-0.3, -0.25) is 9.59 Å². The molecule has 4 heteroatoms. The standard InChI is InChI=1S/C26H26N2O2/c1-18-12-13-20(16-19(18)2)25(29)23-10-6-7-11-24(23)26(30)28-15-14-22(17-28)27-21-8-4-3-5-9-21/h3-13,16,22,27H,14-15,17H2,1-2H3. The number of hydrogen-bond donors (Lipinski definition) is 1. The number of carbonyl (C=O) groups excluding carboxylic acids is 2. The van der Waals surface area contributed by atoms with Gasteiger partial charge in [-0.1, -0.05) is 48.5 Å². The van der Waals surface area contributed by atoms with Gasteiger partial charge in [0, 0.05) is 35.9 Å².